The molecule has 8 aromatic carbocycles. The van der Waals surface area contributed by atoms with Crippen molar-refractivity contribution in [3.05, 3.63) is 312 Å². The van der Waals surface area contributed by atoms with E-state index in [1.165, 1.54) is 96.3 Å². The summed E-state index contributed by atoms with van der Waals surface area (Å²) >= 11 is 0. The van der Waals surface area contributed by atoms with Crippen molar-refractivity contribution in [2.75, 3.05) is 21.7 Å². The smallest absolute Gasteiger partial charge is 0.255 e. The zero-order valence-corrected chi connectivity index (χ0v) is 79.2. The number of rotatable bonds is 19. The predicted octanol–water partition coefficient (Wildman–Crippen LogP) is 21.5. The first-order valence-electron chi connectivity index (χ1n) is 49.7. The molecule has 28 heteroatoms. The van der Waals surface area contributed by atoms with Gasteiger partial charge in [-0.2, -0.15) is 0 Å². The number of pyridine rings is 4. The third-order valence-corrected chi connectivity index (χ3v) is 29.3. The Balaban J connectivity index is 0.000000114. The number of imidazole rings is 4. The first kappa shape index (κ1) is 93.6. The number of hydrogen-bond acceptors (Lipinski definition) is 17. The molecule has 10 fully saturated rings. The van der Waals surface area contributed by atoms with Crippen molar-refractivity contribution in [3.63, 3.8) is 0 Å². The number of amides is 7. The summed E-state index contributed by atoms with van der Waals surface area (Å²) in [5.41, 5.74) is 22.7. The Morgan fingerprint density at radius 3 is 0.915 bits per heavy atom. The summed E-state index contributed by atoms with van der Waals surface area (Å²) in [4.78, 5) is 148. The van der Waals surface area contributed by atoms with E-state index in [1.807, 2.05) is 127 Å². The number of fused-ring (bicyclic) bond motifs is 4. The van der Waals surface area contributed by atoms with Crippen LogP contribution in [0.3, 0.4) is 0 Å². The highest BCUT2D eigenvalue weighted by Crippen LogP contribution is 2.56. The van der Waals surface area contributed by atoms with E-state index >= 15 is 0 Å². The zero-order chi connectivity index (χ0) is 97.2. The van der Waals surface area contributed by atoms with Crippen LogP contribution in [0.1, 0.15) is 231 Å². The molecule has 0 unspecified atom stereocenters. The Hall–Kier alpha value is -16.0. The highest BCUT2D eigenvalue weighted by Gasteiger charge is 2.52. The summed E-state index contributed by atoms with van der Waals surface area (Å²) in [6, 6.07) is 67.0. The fourth-order valence-electron chi connectivity index (χ4n) is 22.8. The molecule has 7 amide bonds. The highest BCUT2D eigenvalue weighted by molar-refractivity contribution is 6.08. The van der Waals surface area contributed by atoms with E-state index in [9.17, 15) is 38.4 Å². The summed E-state index contributed by atoms with van der Waals surface area (Å²) in [6.45, 7) is 1.55. The predicted molar refractivity (Wildman–Crippen MR) is 551 cm³/mol. The van der Waals surface area contributed by atoms with Gasteiger partial charge < -0.3 is 62.9 Å². The number of aromatic nitrogens is 12. The molecule has 8 heterocycles. The standard InChI is InChI=1S/2C30H29N5O2.C27H27N5O2.C22H23N3O2.C5H6N2/c36-28(32-24-2-1-9-31-17-24)23-7-8-25-26(13-23)34-27(33-25)21-3-5-22(6-4-21)29(37)35-30-14-18-10-19(15-30)12-20(11-18)16-30;36-29(35-27-22-11-17-10-18(13-22)14-23(27)12-17)20-5-3-19(4-6-20)28-33-25-8-7-21(15-26(25)34-28)30(37)32-24-2-1-9-31-16-24;33-26(29-21-6-3-1-2-4-7-21)19-11-9-18(10-12-19)25-31-23-14-13-20(16-24(23)32-25)27(34)30-22-8-5-15-28-17-22;1-14(26)17-11-12-19-20(13-17)25-21(24-19)15-7-9-16(10-8-15)22(27)23-18-5-3-2-4-6-18;6-5-2-1-3-7-4-5/h1-9,13,17-20H,10-12,14-16H2,(H,32,36)(H,33,34)(H,35,37);1-9,15-18,22-23,27H,10-14H2,(H,32,37)(H,33,34)(H,35,36);5,8-17,21H,1-4,6-7H2,(H,29,33)(H,30,34)(H,31,32);7-13,18H,2-6H2,1H3,(H,23,27)(H,24,25);1-4H,6H2. The molecule has 718 valence electrons. The lowest BCUT2D eigenvalue weighted by molar-refractivity contribution is -0.0167. The normalized spacial score (nSPS) is 20.2. The van der Waals surface area contributed by atoms with E-state index < -0.39 is 0 Å². The van der Waals surface area contributed by atoms with Crippen LogP contribution in [0.4, 0.5) is 22.7 Å². The van der Waals surface area contributed by atoms with Gasteiger partial charge >= 0.3 is 0 Å². The maximum absolute atomic E-state index is 13.2. The Bertz CT molecular complexity index is 7180. The largest absolute Gasteiger partial charge is 0.397 e. The third-order valence-electron chi connectivity index (χ3n) is 29.3. The minimum Gasteiger partial charge on any atom is -0.397 e. The maximum atomic E-state index is 13.2. The molecule has 0 radical (unpaired) electrons. The SMILES string of the molecule is CC(=O)c1ccc2nc(-c3ccc(C(=O)NC4CCCCC4)cc3)[nH]c2c1.Nc1cccnc1.O=C(Nc1cccnc1)c1ccc2nc(-c3ccc(C(=O)NC45CC6CC(CC(C6)C4)C5)cc3)[nH]c2c1.O=C(Nc1cccnc1)c1ccc2nc(-c3ccc(C(=O)NC4C5CC6CC(C5)CC4C6)cc3)[nH]c2c1.O=C(Nc1cccnc1)c1ccc2nc(-c3ccc(C(=O)NC4CCCCCC4)cc3)[nH]c2c1. The molecule has 10 aliphatic carbocycles. The van der Waals surface area contributed by atoms with E-state index in [-0.39, 0.29) is 58.7 Å². The van der Waals surface area contributed by atoms with Crippen LogP contribution in [0, 0.1) is 41.4 Å². The number of carbonyl (C=O) groups excluding carboxylic acids is 8. The van der Waals surface area contributed by atoms with Crippen molar-refractivity contribution in [1.29, 1.82) is 0 Å². The number of nitrogens with two attached hydrogens (primary N) is 1. The summed E-state index contributed by atoms with van der Waals surface area (Å²) in [5.74, 6) is 7.74. The minimum absolute atomic E-state index is 0.00423. The summed E-state index contributed by atoms with van der Waals surface area (Å²) in [7, 11) is 0. The Morgan fingerprint density at radius 1 is 0.310 bits per heavy atom. The quantitative estimate of drug-likeness (QED) is 0.0264. The van der Waals surface area contributed by atoms with Gasteiger partial charge in [0.05, 0.1) is 85.5 Å². The lowest BCUT2D eigenvalue weighted by Gasteiger charge is -2.56. The molecular formula is C114H114N20O8. The van der Waals surface area contributed by atoms with Gasteiger partial charge in [-0.3, -0.25) is 58.3 Å². The van der Waals surface area contributed by atoms with E-state index in [2.05, 4.69) is 92.0 Å². The number of nitrogens with one attached hydrogen (secondary N) is 11. The number of anilines is 4. The first-order valence-corrected chi connectivity index (χ1v) is 49.7. The van der Waals surface area contributed by atoms with Crippen molar-refractivity contribution in [2.45, 2.75) is 172 Å². The maximum Gasteiger partial charge on any atom is 0.255 e. The van der Waals surface area contributed by atoms with Crippen LogP contribution in [0.15, 0.2) is 268 Å². The fourth-order valence-corrected chi connectivity index (χ4v) is 22.8. The van der Waals surface area contributed by atoms with Crippen molar-refractivity contribution in [1.82, 2.24) is 81.1 Å². The number of H-pyrrole nitrogens is 4. The van der Waals surface area contributed by atoms with Gasteiger partial charge in [-0.1, -0.05) is 93.5 Å². The number of benzene rings is 8. The first-order chi connectivity index (χ1) is 69.2. The van der Waals surface area contributed by atoms with Gasteiger partial charge in [-0.25, -0.2) is 19.9 Å². The second kappa shape index (κ2) is 42.4. The van der Waals surface area contributed by atoms with Crippen LogP contribution < -0.4 is 43.0 Å². The second-order valence-electron chi connectivity index (χ2n) is 39.6. The van der Waals surface area contributed by atoms with Crippen molar-refractivity contribution in [3.8, 4) is 45.6 Å². The molecule has 8 bridgehead atoms. The topological polar surface area (TPSA) is 413 Å². The second-order valence-corrected chi connectivity index (χ2v) is 39.6. The Morgan fingerprint density at radius 2 is 0.606 bits per heavy atom. The van der Waals surface area contributed by atoms with Gasteiger partial charge in [0.25, 0.3) is 41.4 Å². The summed E-state index contributed by atoms with van der Waals surface area (Å²) in [6.07, 6.45) is 40.0. The Kier molecular flexibility index (Phi) is 27.9. The van der Waals surface area contributed by atoms with Gasteiger partial charge in [-0.05, 0) is 315 Å². The third kappa shape index (κ3) is 22.5. The molecule has 10 saturated carbocycles. The number of Topliss-reactive ketones (excluding diaryl/α,β-unsaturated/α-hetero) is 1. The van der Waals surface area contributed by atoms with Crippen LogP contribution in [-0.4, -0.2) is 131 Å². The number of carbonyl (C=O) groups is 8. The van der Waals surface area contributed by atoms with Crippen molar-refractivity contribution < 1.29 is 38.4 Å². The number of ketones is 1. The van der Waals surface area contributed by atoms with Crippen LogP contribution in [0.5, 0.6) is 0 Å². The average molecular weight is 1890 g/mol. The molecule has 0 atom stereocenters. The number of nitrogens with zero attached hydrogens (tertiary/aromatic N) is 8. The highest BCUT2D eigenvalue weighted by atomic mass is 16.2. The molecule has 28 nitrogen and oxygen atoms in total. The molecule has 13 N–H and O–H groups in total. The van der Waals surface area contributed by atoms with Gasteiger partial charge in [0.1, 0.15) is 23.3 Å². The molecule has 16 aromatic rings. The molecular weight excluding hydrogens is 1780 g/mol. The van der Waals surface area contributed by atoms with Crippen LogP contribution >= 0.6 is 0 Å². The molecule has 8 aromatic heterocycles. The molecule has 26 rings (SSSR count). The molecule has 10 aliphatic rings. The molecule has 0 saturated heterocycles. The zero-order valence-electron chi connectivity index (χ0n) is 79.2. The lowest BCUT2D eigenvalue weighted by atomic mass is 9.53. The monoisotopic (exact) mass is 1890 g/mol. The molecule has 142 heavy (non-hydrogen) atoms. The summed E-state index contributed by atoms with van der Waals surface area (Å²) < 4.78 is 0. The van der Waals surface area contributed by atoms with Crippen LogP contribution in [-0.2, 0) is 0 Å². The number of hydrogen-bond donors (Lipinski definition) is 12. The van der Waals surface area contributed by atoms with E-state index in [0.717, 1.165) is 147 Å². The average Bonchev–Trinajstić information content (AvgIpc) is 1.06. The van der Waals surface area contributed by atoms with Crippen LogP contribution in [0.25, 0.3) is 89.7 Å². The van der Waals surface area contributed by atoms with Gasteiger partial charge in [0.2, 0.25) is 0 Å². The lowest BCUT2D eigenvalue weighted by Crippen LogP contribution is -2.59. The number of aromatic amines is 4. The Labute approximate surface area is 821 Å². The van der Waals surface area contributed by atoms with Gasteiger partial charge in [0.15, 0.2) is 5.78 Å². The molecule has 0 aliphatic heterocycles. The molecule has 0 spiro atoms. The fraction of sp³-hybridized carbons (Fsp3) is 0.298. The van der Waals surface area contributed by atoms with Crippen molar-refractivity contribution >= 4 is 114 Å². The van der Waals surface area contributed by atoms with E-state index in [4.69, 9.17) is 10.7 Å². The van der Waals surface area contributed by atoms with E-state index in [1.54, 1.807) is 147 Å². The van der Waals surface area contributed by atoms with Gasteiger partial charge in [0, 0.05) is 121 Å². The van der Waals surface area contributed by atoms with E-state index in [0.29, 0.717) is 109 Å². The minimum atomic E-state index is -0.213. The summed E-state index contributed by atoms with van der Waals surface area (Å²) in [5, 5.41) is 21.7. The van der Waals surface area contributed by atoms with Crippen LogP contribution in [0.2, 0.25) is 0 Å². The number of nitrogen functional groups attached to an aromatic ring is 1. The van der Waals surface area contributed by atoms with Crippen molar-refractivity contribution in [2.24, 2.45) is 41.4 Å². The van der Waals surface area contributed by atoms with Gasteiger partial charge in [-0.15, -0.1) is 0 Å².